The molecular formula is C30H38O8. The highest BCUT2D eigenvalue weighted by Crippen LogP contribution is 2.31. The molecule has 0 aliphatic heterocycles. The van der Waals surface area contributed by atoms with Crippen LogP contribution in [-0.4, -0.2) is 38.4 Å². The summed E-state index contributed by atoms with van der Waals surface area (Å²) < 4.78 is 26.9. The molecule has 0 bridgehead atoms. The molecule has 0 spiro atoms. The average Bonchev–Trinajstić information content (AvgIpc) is 2.86. The minimum Gasteiger partial charge on any atom is -0.496 e. The Morgan fingerprint density at radius 2 is 1.34 bits per heavy atom. The van der Waals surface area contributed by atoms with Crippen molar-refractivity contribution in [1.29, 1.82) is 0 Å². The highest BCUT2D eigenvalue weighted by atomic mass is 16.7. The van der Waals surface area contributed by atoms with E-state index < -0.39 is 10.8 Å². The highest BCUT2D eigenvalue weighted by molar-refractivity contribution is 6.07. The lowest BCUT2D eigenvalue weighted by molar-refractivity contribution is -0.160. The number of allylic oxidation sites excluding steroid dienone is 1. The van der Waals surface area contributed by atoms with Gasteiger partial charge in [-0.05, 0) is 96.0 Å². The zero-order valence-electron chi connectivity index (χ0n) is 23.5. The number of carbonyl (C=O) groups excluding carboxylic acids is 3. The van der Waals surface area contributed by atoms with Gasteiger partial charge in [-0.1, -0.05) is 6.92 Å². The van der Waals surface area contributed by atoms with Crippen molar-refractivity contribution in [2.24, 2.45) is 10.8 Å². The van der Waals surface area contributed by atoms with Gasteiger partial charge in [-0.25, -0.2) is 0 Å². The quantitative estimate of drug-likeness (QED) is 0.152. The number of ketones is 1. The maximum atomic E-state index is 12.7. The van der Waals surface area contributed by atoms with E-state index in [9.17, 15) is 14.4 Å². The molecule has 8 nitrogen and oxygen atoms in total. The summed E-state index contributed by atoms with van der Waals surface area (Å²) in [6.45, 7) is 12.2. The minimum absolute atomic E-state index is 0.203. The smallest absolute Gasteiger partial charge is 0.314 e. The first-order valence-electron chi connectivity index (χ1n) is 12.4. The Balaban J connectivity index is 2.05. The first-order chi connectivity index (χ1) is 17.8. The molecule has 0 saturated carbocycles. The summed E-state index contributed by atoms with van der Waals surface area (Å²) in [6.07, 6.45) is 3.80. The second-order valence-electron chi connectivity index (χ2n) is 10.7. The fourth-order valence-corrected chi connectivity index (χ4v) is 3.05. The topological polar surface area (TPSA) is 97.4 Å². The molecule has 0 N–H and O–H groups in total. The van der Waals surface area contributed by atoms with E-state index in [4.69, 9.17) is 23.7 Å². The monoisotopic (exact) mass is 526 g/mol. The Labute approximate surface area is 224 Å². The lowest BCUT2D eigenvalue weighted by Gasteiger charge is -2.18. The first kappa shape index (κ1) is 30.4. The van der Waals surface area contributed by atoms with Crippen LogP contribution in [0.2, 0.25) is 0 Å². The normalized spacial score (nSPS) is 11.7. The van der Waals surface area contributed by atoms with E-state index in [1.807, 2.05) is 13.0 Å². The van der Waals surface area contributed by atoms with Crippen molar-refractivity contribution in [3.63, 3.8) is 0 Å². The van der Waals surface area contributed by atoms with Crippen molar-refractivity contribution in [1.82, 2.24) is 0 Å². The third-order valence-corrected chi connectivity index (χ3v) is 5.39. The van der Waals surface area contributed by atoms with Gasteiger partial charge in [0.25, 0.3) is 0 Å². The molecule has 0 aliphatic rings. The van der Waals surface area contributed by atoms with Crippen LogP contribution in [0.15, 0.2) is 42.5 Å². The minimum atomic E-state index is -0.621. The number of hydrogen-bond donors (Lipinski definition) is 0. The number of ether oxygens (including phenoxy) is 5. The number of esters is 2. The van der Waals surface area contributed by atoms with Gasteiger partial charge in [0, 0.05) is 17.2 Å². The summed E-state index contributed by atoms with van der Waals surface area (Å²) in [5, 5.41) is 0. The Bertz CT molecular complexity index is 1150. The van der Waals surface area contributed by atoms with Crippen LogP contribution in [0, 0.1) is 10.8 Å². The Kier molecular flexibility index (Phi) is 10.5. The van der Waals surface area contributed by atoms with Crippen molar-refractivity contribution in [3.05, 3.63) is 59.2 Å². The molecule has 0 heterocycles. The number of carbonyl (C=O) groups is 3. The third kappa shape index (κ3) is 8.94. The SMILES string of the molecule is CCc1cc(/C=C/C(=O)c2ccc(OCOC(=O)C(C)(C)C)cc2)c(OC)cc1OCOC(=O)C(C)(C)C. The Morgan fingerprint density at radius 1 is 0.789 bits per heavy atom. The molecule has 0 unspecified atom stereocenters. The lowest BCUT2D eigenvalue weighted by atomic mass is 9.97. The van der Waals surface area contributed by atoms with Crippen molar-refractivity contribution in [3.8, 4) is 17.2 Å². The molecule has 206 valence electrons. The zero-order chi connectivity index (χ0) is 28.5. The largest absolute Gasteiger partial charge is 0.496 e. The van der Waals surface area contributed by atoms with E-state index in [1.165, 1.54) is 13.2 Å². The third-order valence-electron chi connectivity index (χ3n) is 5.39. The molecule has 38 heavy (non-hydrogen) atoms. The van der Waals surface area contributed by atoms with Crippen LogP contribution in [-0.2, 0) is 25.5 Å². The van der Waals surface area contributed by atoms with Crippen LogP contribution in [0.25, 0.3) is 6.08 Å². The molecule has 0 atom stereocenters. The van der Waals surface area contributed by atoms with Gasteiger partial charge in [0.1, 0.15) is 17.2 Å². The van der Waals surface area contributed by atoms with Crippen LogP contribution in [0.5, 0.6) is 17.2 Å². The van der Waals surface area contributed by atoms with Gasteiger partial charge >= 0.3 is 11.9 Å². The predicted octanol–water partition coefficient (Wildman–Crippen LogP) is 6.00. The maximum absolute atomic E-state index is 12.7. The molecule has 0 aliphatic carbocycles. The zero-order valence-corrected chi connectivity index (χ0v) is 23.5. The molecule has 0 saturated heterocycles. The summed E-state index contributed by atoms with van der Waals surface area (Å²) in [5.41, 5.74) is 0.816. The molecule has 0 radical (unpaired) electrons. The highest BCUT2D eigenvalue weighted by Gasteiger charge is 2.24. The summed E-state index contributed by atoms with van der Waals surface area (Å²) in [6, 6.07) is 10.1. The standard InChI is InChI=1S/C30H38O8/c1-9-20-16-22(25(34-8)17-26(20)36-19-38-28(33)30(5,6)7)12-15-24(31)21-10-13-23(14-11-21)35-18-37-27(32)29(2,3)4/h10-17H,9,18-19H2,1-8H3/b15-12+. The van der Waals surface area contributed by atoms with Crippen molar-refractivity contribution in [2.75, 3.05) is 20.7 Å². The first-order valence-corrected chi connectivity index (χ1v) is 12.4. The molecule has 2 rings (SSSR count). The van der Waals surface area contributed by atoms with Crippen molar-refractivity contribution >= 4 is 23.8 Å². The number of hydrogen-bond acceptors (Lipinski definition) is 8. The van der Waals surface area contributed by atoms with E-state index in [1.54, 1.807) is 78.0 Å². The predicted molar refractivity (Wildman–Crippen MR) is 144 cm³/mol. The molecule has 0 amide bonds. The molecule has 2 aromatic rings. The number of benzene rings is 2. The van der Waals surface area contributed by atoms with Gasteiger partial charge in [0.05, 0.1) is 17.9 Å². The summed E-state index contributed by atoms with van der Waals surface area (Å²) >= 11 is 0. The van der Waals surface area contributed by atoms with E-state index in [0.717, 1.165) is 5.56 Å². The second-order valence-corrected chi connectivity index (χ2v) is 10.7. The van der Waals surface area contributed by atoms with Crippen LogP contribution in [0.1, 0.15) is 70.0 Å². The fraction of sp³-hybridized carbons (Fsp3) is 0.433. The number of methoxy groups -OCH3 is 1. The van der Waals surface area contributed by atoms with Crippen molar-refractivity contribution < 1.29 is 38.1 Å². The van der Waals surface area contributed by atoms with Gasteiger partial charge in [-0.15, -0.1) is 0 Å². The molecule has 0 fully saturated rings. The fourth-order valence-electron chi connectivity index (χ4n) is 3.05. The van der Waals surface area contributed by atoms with Crippen LogP contribution < -0.4 is 14.2 Å². The van der Waals surface area contributed by atoms with Gasteiger partial charge < -0.3 is 23.7 Å². The summed E-state index contributed by atoms with van der Waals surface area (Å²) in [7, 11) is 1.53. The van der Waals surface area contributed by atoms with Gasteiger partial charge in [-0.3, -0.25) is 14.4 Å². The Morgan fingerprint density at radius 3 is 1.84 bits per heavy atom. The van der Waals surface area contributed by atoms with E-state index >= 15 is 0 Å². The van der Waals surface area contributed by atoms with Gasteiger partial charge in [0.2, 0.25) is 13.6 Å². The average molecular weight is 527 g/mol. The van der Waals surface area contributed by atoms with Gasteiger partial charge in [0.15, 0.2) is 5.78 Å². The summed E-state index contributed by atoms with van der Waals surface area (Å²) in [5.74, 6) is 0.606. The van der Waals surface area contributed by atoms with Crippen LogP contribution in [0.3, 0.4) is 0 Å². The lowest BCUT2D eigenvalue weighted by Crippen LogP contribution is -2.24. The summed E-state index contributed by atoms with van der Waals surface area (Å²) in [4.78, 5) is 36.5. The van der Waals surface area contributed by atoms with E-state index in [2.05, 4.69) is 0 Å². The van der Waals surface area contributed by atoms with Crippen LogP contribution >= 0.6 is 0 Å². The van der Waals surface area contributed by atoms with E-state index in [-0.39, 0.29) is 31.3 Å². The molecule has 8 heteroatoms. The Hall–Kier alpha value is -3.81. The molecule has 2 aromatic carbocycles. The van der Waals surface area contributed by atoms with Gasteiger partial charge in [-0.2, -0.15) is 0 Å². The van der Waals surface area contributed by atoms with E-state index in [0.29, 0.717) is 34.8 Å². The molecule has 0 aromatic heterocycles. The second kappa shape index (κ2) is 13.1. The number of rotatable bonds is 11. The van der Waals surface area contributed by atoms with Crippen LogP contribution in [0.4, 0.5) is 0 Å². The van der Waals surface area contributed by atoms with Crippen molar-refractivity contribution in [2.45, 2.75) is 54.9 Å². The maximum Gasteiger partial charge on any atom is 0.314 e. The molecular weight excluding hydrogens is 488 g/mol. The number of aryl methyl sites for hydroxylation is 1.